The summed E-state index contributed by atoms with van der Waals surface area (Å²) >= 11 is 1.11. The van der Waals surface area contributed by atoms with E-state index < -0.39 is 11.2 Å². The first-order valence-electron chi connectivity index (χ1n) is 10.1. The minimum absolute atomic E-state index is 0.255. The van der Waals surface area contributed by atoms with Crippen LogP contribution in [0.15, 0.2) is 40.3 Å². The minimum atomic E-state index is -0.607. The van der Waals surface area contributed by atoms with Gasteiger partial charge in [-0.15, -0.1) is 0 Å². The highest BCUT2D eigenvalue weighted by Gasteiger charge is 2.25. The molecule has 10 heteroatoms. The molecule has 0 radical (unpaired) electrons. The van der Waals surface area contributed by atoms with E-state index in [1.54, 1.807) is 51.3 Å². The lowest BCUT2D eigenvalue weighted by Crippen LogP contribution is -2.24. The van der Waals surface area contributed by atoms with Crippen molar-refractivity contribution in [2.24, 2.45) is 0 Å². The number of benzene rings is 2. The standard InChI is InChI=1S/C23H26N2O7S/c1-7-32-22(27)13(2)33-23-24-18-16(12-17(29-4)19(30-5)20(18)31-6)21(26)25(23)14-8-10-15(28-3)11-9-14/h8-13H,7H2,1-6H3. The van der Waals surface area contributed by atoms with Crippen molar-refractivity contribution in [2.45, 2.75) is 24.3 Å². The molecule has 3 rings (SSSR count). The van der Waals surface area contributed by atoms with Crippen LogP contribution in [0.3, 0.4) is 0 Å². The predicted molar refractivity (Wildman–Crippen MR) is 126 cm³/mol. The molecule has 3 aromatic rings. The van der Waals surface area contributed by atoms with Crippen LogP contribution in [0.4, 0.5) is 0 Å². The fourth-order valence-electron chi connectivity index (χ4n) is 3.27. The van der Waals surface area contributed by atoms with Gasteiger partial charge in [-0.3, -0.25) is 14.2 Å². The quantitative estimate of drug-likeness (QED) is 0.262. The summed E-state index contributed by atoms with van der Waals surface area (Å²) in [7, 11) is 5.97. The Hall–Kier alpha value is -3.40. The third-order valence-electron chi connectivity index (χ3n) is 4.87. The minimum Gasteiger partial charge on any atom is -0.497 e. The van der Waals surface area contributed by atoms with Crippen molar-refractivity contribution in [3.05, 3.63) is 40.7 Å². The number of methoxy groups -OCH3 is 4. The molecule has 9 nitrogen and oxygen atoms in total. The highest BCUT2D eigenvalue weighted by Crippen LogP contribution is 2.42. The Morgan fingerprint density at radius 1 is 1.03 bits per heavy atom. The third kappa shape index (κ3) is 4.70. The lowest BCUT2D eigenvalue weighted by atomic mass is 10.2. The molecule has 0 aliphatic heterocycles. The molecule has 176 valence electrons. The number of carbonyl (C=O) groups excluding carboxylic acids is 1. The van der Waals surface area contributed by atoms with Gasteiger partial charge in [0.05, 0.1) is 46.1 Å². The van der Waals surface area contributed by atoms with Crippen LogP contribution in [0.5, 0.6) is 23.0 Å². The maximum atomic E-state index is 13.7. The first-order valence-corrected chi connectivity index (χ1v) is 11.0. The van der Waals surface area contributed by atoms with Gasteiger partial charge in [0.2, 0.25) is 5.75 Å². The van der Waals surface area contributed by atoms with Gasteiger partial charge in [-0.2, -0.15) is 0 Å². The van der Waals surface area contributed by atoms with Crippen molar-refractivity contribution < 1.29 is 28.5 Å². The van der Waals surface area contributed by atoms with Gasteiger partial charge in [0, 0.05) is 0 Å². The van der Waals surface area contributed by atoms with Crippen molar-refractivity contribution in [1.82, 2.24) is 9.55 Å². The van der Waals surface area contributed by atoms with Crippen molar-refractivity contribution in [3.8, 4) is 28.7 Å². The van der Waals surface area contributed by atoms with E-state index in [-0.39, 0.29) is 23.3 Å². The zero-order valence-corrected chi connectivity index (χ0v) is 20.1. The van der Waals surface area contributed by atoms with Crippen molar-refractivity contribution in [2.75, 3.05) is 35.0 Å². The predicted octanol–water partition coefficient (Wildman–Crippen LogP) is 3.46. The average molecular weight is 475 g/mol. The molecule has 0 saturated heterocycles. The maximum absolute atomic E-state index is 13.7. The van der Waals surface area contributed by atoms with Crippen LogP contribution in [0.2, 0.25) is 0 Å². The van der Waals surface area contributed by atoms with Gasteiger partial charge >= 0.3 is 5.97 Å². The van der Waals surface area contributed by atoms with Crippen molar-refractivity contribution in [1.29, 1.82) is 0 Å². The molecule has 0 N–H and O–H groups in total. The van der Waals surface area contributed by atoms with E-state index in [0.29, 0.717) is 33.6 Å². The largest absolute Gasteiger partial charge is 0.497 e. The summed E-state index contributed by atoms with van der Waals surface area (Å²) < 4.78 is 28.2. The summed E-state index contributed by atoms with van der Waals surface area (Å²) in [5.41, 5.74) is 0.494. The van der Waals surface area contributed by atoms with E-state index in [9.17, 15) is 9.59 Å². The number of nitrogens with zero attached hydrogens (tertiary/aromatic N) is 2. The first-order chi connectivity index (χ1) is 15.9. The molecule has 0 amide bonds. The van der Waals surface area contributed by atoms with Crippen LogP contribution in [-0.4, -0.2) is 55.8 Å². The fourth-order valence-corrected chi connectivity index (χ4v) is 4.19. The van der Waals surface area contributed by atoms with Gasteiger partial charge in [0.15, 0.2) is 16.7 Å². The molecule has 0 saturated carbocycles. The summed E-state index contributed by atoms with van der Waals surface area (Å²) in [6, 6.07) is 8.53. The maximum Gasteiger partial charge on any atom is 0.319 e. The van der Waals surface area contributed by atoms with E-state index in [1.165, 1.54) is 25.9 Å². The summed E-state index contributed by atoms with van der Waals surface area (Å²) in [5, 5.41) is -0.0397. The average Bonchev–Trinajstić information content (AvgIpc) is 2.83. The molecule has 1 aromatic heterocycles. The number of fused-ring (bicyclic) bond motifs is 1. The van der Waals surface area contributed by atoms with Crippen LogP contribution in [-0.2, 0) is 9.53 Å². The lowest BCUT2D eigenvalue weighted by Gasteiger charge is -2.18. The fraction of sp³-hybridized carbons (Fsp3) is 0.348. The van der Waals surface area contributed by atoms with Crippen molar-refractivity contribution >= 4 is 28.6 Å². The number of ether oxygens (including phenoxy) is 5. The molecule has 1 atom stereocenters. The topological polar surface area (TPSA) is 98.1 Å². The van der Waals surface area contributed by atoms with E-state index in [0.717, 1.165) is 11.8 Å². The van der Waals surface area contributed by atoms with Crippen LogP contribution >= 0.6 is 11.8 Å². The molecular formula is C23H26N2O7S. The van der Waals surface area contributed by atoms with Gasteiger partial charge in [0.1, 0.15) is 16.5 Å². The van der Waals surface area contributed by atoms with E-state index in [4.69, 9.17) is 28.7 Å². The number of aromatic nitrogens is 2. The van der Waals surface area contributed by atoms with E-state index in [2.05, 4.69) is 0 Å². The number of rotatable bonds is 9. The molecule has 0 spiro atoms. The molecule has 33 heavy (non-hydrogen) atoms. The molecule has 1 unspecified atom stereocenters. The Morgan fingerprint density at radius 2 is 1.70 bits per heavy atom. The molecule has 2 aromatic carbocycles. The molecular weight excluding hydrogens is 448 g/mol. The number of esters is 1. The van der Waals surface area contributed by atoms with Gasteiger partial charge in [0.25, 0.3) is 5.56 Å². The highest BCUT2D eigenvalue weighted by atomic mass is 32.2. The van der Waals surface area contributed by atoms with Crippen LogP contribution in [0.1, 0.15) is 13.8 Å². The number of hydrogen-bond donors (Lipinski definition) is 0. The SMILES string of the molecule is CCOC(=O)C(C)Sc1nc2c(OC)c(OC)c(OC)cc2c(=O)n1-c1ccc(OC)cc1. The van der Waals surface area contributed by atoms with Crippen LogP contribution in [0.25, 0.3) is 16.6 Å². The normalized spacial score (nSPS) is 11.7. The first kappa shape index (κ1) is 24.2. The van der Waals surface area contributed by atoms with E-state index >= 15 is 0 Å². The molecule has 0 fully saturated rings. The summed E-state index contributed by atoms with van der Waals surface area (Å²) in [5.74, 6) is 1.15. The van der Waals surface area contributed by atoms with Gasteiger partial charge < -0.3 is 23.7 Å². The van der Waals surface area contributed by atoms with E-state index in [1.807, 2.05) is 0 Å². The van der Waals surface area contributed by atoms with Gasteiger partial charge in [-0.05, 0) is 44.2 Å². The zero-order valence-electron chi connectivity index (χ0n) is 19.3. The molecule has 0 aliphatic carbocycles. The summed E-state index contributed by atoms with van der Waals surface area (Å²) in [4.78, 5) is 30.7. The zero-order chi connectivity index (χ0) is 24.1. The number of hydrogen-bond acceptors (Lipinski definition) is 9. The molecule has 0 bridgehead atoms. The monoisotopic (exact) mass is 474 g/mol. The Morgan fingerprint density at radius 3 is 2.24 bits per heavy atom. The smallest absolute Gasteiger partial charge is 0.319 e. The van der Waals surface area contributed by atoms with Crippen molar-refractivity contribution in [3.63, 3.8) is 0 Å². The summed E-state index contributed by atoms with van der Waals surface area (Å²) in [6.07, 6.45) is 0. The number of thioether (sulfide) groups is 1. The second kappa shape index (κ2) is 10.5. The second-order valence-electron chi connectivity index (χ2n) is 6.79. The Labute approximate surface area is 195 Å². The Bertz CT molecular complexity index is 1210. The molecule has 0 aliphatic rings. The lowest BCUT2D eigenvalue weighted by molar-refractivity contribution is -0.142. The van der Waals surface area contributed by atoms with Gasteiger partial charge in [-0.1, -0.05) is 11.8 Å². The highest BCUT2D eigenvalue weighted by molar-refractivity contribution is 8.00. The van der Waals surface area contributed by atoms with Crippen LogP contribution in [0, 0.1) is 0 Å². The van der Waals surface area contributed by atoms with Crippen LogP contribution < -0.4 is 24.5 Å². The Balaban J connectivity index is 2.33. The third-order valence-corrected chi connectivity index (χ3v) is 5.90. The molecule has 1 heterocycles. The summed E-state index contributed by atoms with van der Waals surface area (Å²) in [6.45, 7) is 3.69. The number of carbonyl (C=O) groups is 1. The second-order valence-corrected chi connectivity index (χ2v) is 8.09. The van der Waals surface area contributed by atoms with Gasteiger partial charge in [-0.25, -0.2) is 4.98 Å². The Kier molecular flexibility index (Phi) is 7.70.